The largest absolute Gasteiger partial charge is 0.466 e. The predicted octanol–water partition coefficient (Wildman–Crippen LogP) is 2.94. The molecule has 0 bridgehead atoms. The Morgan fingerprint density at radius 1 is 1.60 bits per heavy atom. The number of hydrogen-bond donors (Lipinski definition) is 1. The average Bonchev–Trinajstić information content (AvgIpc) is 2.40. The van der Waals surface area contributed by atoms with E-state index in [1.807, 2.05) is 6.08 Å². The van der Waals surface area contributed by atoms with E-state index in [1.165, 1.54) is 12.3 Å². The van der Waals surface area contributed by atoms with Gasteiger partial charge < -0.3 is 10.5 Å². The highest BCUT2D eigenvalue weighted by atomic mass is 19.1. The molecule has 0 aromatic carbocycles. The number of anilines is 1. The summed E-state index contributed by atoms with van der Waals surface area (Å²) in [6, 6.07) is 1.29. The van der Waals surface area contributed by atoms with Crippen LogP contribution < -0.4 is 5.73 Å². The van der Waals surface area contributed by atoms with Gasteiger partial charge in [-0.15, -0.1) is 0 Å². The van der Waals surface area contributed by atoms with Gasteiger partial charge in [0.15, 0.2) is 0 Å². The Morgan fingerprint density at radius 3 is 3.00 bits per heavy atom. The minimum Gasteiger partial charge on any atom is -0.466 e. The third-order valence-corrected chi connectivity index (χ3v) is 3.47. The van der Waals surface area contributed by atoms with Gasteiger partial charge in [0, 0.05) is 12.5 Å². The summed E-state index contributed by atoms with van der Waals surface area (Å²) >= 11 is 0. The lowest BCUT2D eigenvalue weighted by Crippen LogP contribution is -2.14. The number of rotatable bonds is 4. The van der Waals surface area contributed by atoms with Gasteiger partial charge in [0.25, 0.3) is 0 Å². The van der Waals surface area contributed by atoms with Gasteiger partial charge in [-0.3, -0.25) is 9.78 Å². The Balaban J connectivity index is 2.00. The van der Waals surface area contributed by atoms with Crippen molar-refractivity contribution in [3.05, 3.63) is 29.9 Å². The second-order valence-corrected chi connectivity index (χ2v) is 4.97. The molecule has 1 unspecified atom stereocenters. The molecule has 1 heterocycles. The van der Waals surface area contributed by atoms with E-state index >= 15 is 0 Å². The highest BCUT2D eigenvalue weighted by Crippen LogP contribution is 2.33. The first-order valence-corrected chi connectivity index (χ1v) is 6.86. The summed E-state index contributed by atoms with van der Waals surface area (Å²) in [6.07, 6.45) is 6.16. The van der Waals surface area contributed by atoms with E-state index in [2.05, 4.69) is 4.98 Å². The SMILES string of the molecule is CCOC(=O)CC1CC=C(c2ncc(F)cc2N)CC1. The molecule has 2 rings (SSSR count). The molecular formula is C15H19FN2O2. The number of nitrogens with two attached hydrogens (primary N) is 1. The second-order valence-electron chi connectivity index (χ2n) is 4.97. The molecule has 0 spiro atoms. The third kappa shape index (κ3) is 3.56. The number of allylic oxidation sites excluding steroid dienone is 2. The van der Waals surface area contributed by atoms with Crippen LogP contribution in [-0.4, -0.2) is 17.6 Å². The van der Waals surface area contributed by atoms with Crippen molar-refractivity contribution in [2.45, 2.75) is 32.6 Å². The van der Waals surface area contributed by atoms with Crippen molar-refractivity contribution in [3.63, 3.8) is 0 Å². The van der Waals surface area contributed by atoms with Crippen molar-refractivity contribution in [1.29, 1.82) is 0 Å². The van der Waals surface area contributed by atoms with Crippen LogP contribution in [-0.2, 0) is 9.53 Å². The maximum atomic E-state index is 13.0. The van der Waals surface area contributed by atoms with E-state index < -0.39 is 5.82 Å². The molecule has 1 atom stereocenters. The van der Waals surface area contributed by atoms with Crippen molar-refractivity contribution in [1.82, 2.24) is 4.98 Å². The molecule has 0 aliphatic heterocycles. The van der Waals surface area contributed by atoms with Crippen LogP contribution in [0.3, 0.4) is 0 Å². The van der Waals surface area contributed by atoms with Gasteiger partial charge in [0.1, 0.15) is 5.82 Å². The summed E-state index contributed by atoms with van der Waals surface area (Å²) in [4.78, 5) is 15.5. The van der Waals surface area contributed by atoms with Crippen molar-refractivity contribution < 1.29 is 13.9 Å². The Morgan fingerprint density at radius 2 is 2.40 bits per heavy atom. The van der Waals surface area contributed by atoms with Gasteiger partial charge >= 0.3 is 5.97 Å². The number of aromatic nitrogens is 1. The summed E-state index contributed by atoms with van der Waals surface area (Å²) in [5.74, 6) is -0.268. The number of ether oxygens (including phenoxy) is 1. The number of nitrogens with zero attached hydrogens (tertiary/aromatic N) is 1. The van der Waals surface area contributed by atoms with Gasteiger partial charge in [-0.05, 0) is 37.7 Å². The smallest absolute Gasteiger partial charge is 0.306 e. The fourth-order valence-electron chi connectivity index (χ4n) is 2.47. The molecule has 1 aromatic heterocycles. The highest BCUT2D eigenvalue weighted by Gasteiger charge is 2.20. The Labute approximate surface area is 117 Å². The van der Waals surface area contributed by atoms with Crippen LogP contribution in [0.4, 0.5) is 10.1 Å². The standard InChI is InChI=1S/C15H19FN2O2/c1-2-20-14(19)7-10-3-5-11(6-4-10)15-13(17)8-12(16)9-18-15/h5,8-10H,2-4,6-7,17H2,1H3. The zero-order valence-corrected chi connectivity index (χ0v) is 11.6. The van der Waals surface area contributed by atoms with Crippen LogP contribution in [0.2, 0.25) is 0 Å². The highest BCUT2D eigenvalue weighted by molar-refractivity contribution is 5.73. The maximum absolute atomic E-state index is 13.0. The molecule has 1 aliphatic rings. The summed E-state index contributed by atoms with van der Waals surface area (Å²) in [5, 5.41) is 0. The molecular weight excluding hydrogens is 259 g/mol. The second kappa shape index (κ2) is 6.50. The first-order valence-electron chi connectivity index (χ1n) is 6.86. The molecule has 1 aromatic rings. The van der Waals surface area contributed by atoms with Crippen molar-refractivity contribution in [2.24, 2.45) is 5.92 Å². The Bertz CT molecular complexity index is 529. The van der Waals surface area contributed by atoms with Gasteiger partial charge in [0.2, 0.25) is 0 Å². The molecule has 20 heavy (non-hydrogen) atoms. The molecule has 4 nitrogen and oxygen atoms in total. The van der Waals surface area contributed by atoms with E-state index in [9.17, 15) is 9.18 Å². The van der Waals surface area contributed by atoms with Crippen molar-refractivity contribution >= 4 is 17.2 Å². The Hall–Kier alpha value is -1.91. The monoisotopic (exact) mass is 278 g/mol. The lowest BCUT2D eigenvalue weighted by atomic mass is 9.86. The van der Waals surface area contributed by atoms with E-state index in [-0.39, 0.29) is 5.97 Å². The molecule has 0 fully saturated rings. The summed E-state index contributed by atoms with van der Waals surface area (Å²) in [6.45, 7) is 2.22. The fraction of sp³-hybridized carbons (Fsp3) is 0.467. The number of hydrogen-bond acceptors (Lipinski definition) is 4. The number of esters is 1. The molecule has 0 saturated carbocycles. The summed E-state index contributed by atoms with van der Waals surface area (Å²) < 4.78 is 17.9. The van der Waals surface area contributed by atoms with E-state index in [4.69, 9.17) is 10.5 Å². The van der Waals surface area contributed by atoms with E-state index in [1.54, 1.807) is 6.92 Å². The average molecular weight is 278 g/mol. The van der Waals surface area contributed by atoms with Crippen molar-refractivity contribution in [3.8, 4) is 0 Å². The third-order valence-electron chi connectivity index (χ3n) is 3.47. The zero-order valence-electron chi connectivity index (χ0n) is 11.6. The quantitative estimate of drug-likeness (QED) is 0.860. The Kier molecular flexibility index (Phi) is 4.71. The molecule has 2 N–H and O–H groups in total. The van der Waals surface area contributed by atoms with Gasteiger partial charge in [-0.2, -0.15) is 0 Å². The van der Waals surface area contributed by atoms with Crippen LogP contribution in [0.5, 0.6) is 0 Å². The first-order chi connectivity index (χ1) is 9.60. The minimum atomic E-state index is -0.428. The molecule has 5 heteroatoms. The predicted molar refractivity (Wildman–Crippen MR) is 75.2 cm³/mol. The van der Waals surface area contributed by atoms with Gasteiger partial charge in [0.05, 0.1) is 24.2 Å². The number of carbonyl (C=O) groups is 1. The topological polar surface area (TPSA) is 65.2 Å². The van der Waals surface area contributed by atoms with Crippen LogP contribution in [0.25, 0.3) is 5.57 Å². The van der Waals surface area contributed by atoms with Crippen LogP contribution in [0, 0.1) is 11.7 Å². The number of nitrogen functional groups attached to an aromatic ring is 1. The molecule has 108 valence electrons. The fourth-order valence-corrected chi connectivity index (χ4v) is 2.47. The molecule has 1 aliphatic carbocycles. The van der Waals surface area contributed by atoms with Crippen LogP contribution in [0.15, 0.2) is 18.3 Å². The number of carbonyl (C=O) groups excluding carboxylic acids is 1. The zero-order chi connectivity index (χ0) is 14.5. The van der Waals surface area contributed by atoms with Crippen LogP contribution >= 0.6 is 0 Å². The van der Waals surface area contributed by atoms with Crippen LogP contribution in [0.1, 0.15) is 38.3 Å². The molecule has 0 radical (unpaired) electrons. The summed E-state index contributed by atoms with van der Waals surface area (Å²) in [5.41, 5.74) is 7.83. The molecule has 0 saturated heterocycles. The molecule has 0 amide bonds. The van der Waals surface area contributed by atoms with Gasteiger partial charge in [-0.1, -0.05) is 6.08 Å². The minimum absolute atomic E-state index is 0.145. The van der Waals surface area contributed by atoms with E-state index in [0.29, 0.717) is 30.3 Å². The lowest BCUT2D eigenvalue weighted by molar-refractivity contribution is -0.144. The number of halogens is 1. The van der Waals surface area contributed by atoms with Gasteiger partial charge in [-0.25, -0.2) is 4.39 Å². The normalized spacial score (nSPS) is 18.5. The number of pyridine rings is 1. The maximum Gasteiger partial charge on any atom is 0.306 e. The summed E-state index contributed by atoms with van der Waals surface area (Å²) in [7, 11) is 0. The lowest BCUT2D eigenvalue weighted by Gasteiger charge is -2.21. The van der Waals surface area contributed by atoms with E-state index in [0.717, 1.165) is 24.8 Å². The first kappa shape index (κ1) is 14.5. The van der Waals surface area contributed by atoms with Crippen molar-refractivity contribution in [2.75, 3.05) is 12.3 Å².